The van der Waals surface area contributed by atoms with Crippen LogP contribution in [0.2, 0.25) is 0 Å². The van der Waals surface area contributed by atoms with E-state index in [0.29, 0.717) is 17.7 Å². The van der Waals surface area contributed by atoms with Gasteiger partial charge in [-0.05, 0) is 42.8 Å². The molecule has 138 valence electrons. The second-order valence-corrected chi connectivity index (χ2v) is 5.87. The summed E-state index contributed by atoms with van der Waals surface area (Å²) >= 11 is 0. The van der Waals surface area contributed by atoms with Crippen LogP contribution in [0.25, 0.3) is 0 Å². The summed E-state index contributed by atoms with van der Waals surface area (Å²) in [7, 11) is 1.31. The quantitative estimate of drug-likeness (QED) is 0.736. The Morgan fingerprint density at radius 3 is 2.42 bits per heavy atom. The van der Waals surface area contributed by atoms with Gasteiger partial charge in [0.2, 0.25) is 0 Å². The average Bonchev–Trinajstić information content (AvgIpc) is 2.66. The van der Waals surface area contributed by atoms with Gasteiger partial charge in [-0.15, -0.1) is 0 Å². The van der Waals surface area contributed by atoms with Crippen LogP contribution in [0.1, 0.15) is 34.5 Å². The number of amides is 1. The van der Waals surface area contributed by atoms with Crippen molar-refractivity contribution in [1.29, 1.82) is 0 Å². The van der Waals surface area contributed by atoms with Crippen LogP contribution >= 0.6 is 0 Å². The number of halogens is 2. The lowest BCUT2D eigenvalue weighted by molar-refractivity contribution is -0.682. The zero-order valence-electron chi connectivity index (χ0n) is 14.6. The van der Waals surface area contributed by atoms with Crippen molar-refractivity contribution < 1.29 is 28.4 Å². The third-order valence-corrected chi connectivity index (χ3v) is 3.99. The van der Waals surface area contributed by atoms with Crippen molar-refractivity contribution in [2.24, 2.45) is 0 Å². The minimum Gasteiger partial charge on any atom is -0.465 e. The summed E-state index contributed by atoms with van der Waals surface area (Å²) in [6.45, 7) is 2.29. The van der Waals surface area contributed by atoms with Gasteiger partial charge in [0.1, 0.15) is 6.04 Å². The smallest absolute Gasteiger partial charge is 0.337 e. The van der Waals surface area contributed by atoms with Crippen LogP contribution in [0.15, 0.2) is 42.5 Å². The third kappa shape index (κ3) is 5.35. The lowest BCUT2D eigenvalue weighted by atomic mass is 10.1. The molecule has 0 radical (unpaired) electrons. The molecular formula is C19H21F2N2O3+. The summed E-state index contributed by atoms with van der Waals surface area (Å²) in [6.07, 6.45) is 0. The molecule has 26 heavy (non-hydrogen) atoms. The summed E-state index contributed by atoms with van der Waals surface area (Å²) < 4.78 is 30.8. The van der Waals surface area contributed by atoms with E-state index in [0.717, 1.165) is 17.7 Å². The summed E-state index contributed by atoms with van der Waals surface area (Å²) in [5.74, 6) is -2.39. The first-order chi connectivity index (χ1) is 12.4. The molecule has 0 aliphatic rings. The van der Waals surface area contributed by atoms with E-state index in [1.165, 1.54) is 13.2 Å². The normalized spacial score (nSPS) is 11.7. The molecule has 1 atom stereocenters. The maximum absolute atomic E-state index is 13.3. The van der Waals surface area contributed by atoms with E-state index in [4.69, 9.17) is 0 Å². The van der Waals surface area contributed by atoms with Gasteiger partial charge < -0.3 is 15.4 Å². The van der Waals surface area contributed by atoms with E-state index in [1.807, 2.05) is 6.92 Å². The zero-order chi connectivity index (χ0) is 19.1. The first-order valence-corrected chi connectivity index (χ1v) is 8.13. The summed E-state index contributed by atoms with van der Waals surface area (Å²) in [5.41, 5.74) is 1.89. The molecule has 0 aliphatic carbocycles. The van der Waals surface area contributed by atoms with Gasteiger partial charge in [-0.25, -0.2) is 13.6 Å². The van der Waals surface area contributed by atoms with E-state index in [1.54, 1.807) is 29.6 Å². The molecule has 1 amide bonds. The van der Waals surface area contributed by atoms with E-state index in [9.17, 15) is 18.4 Å². The van der Waals surface area contributed by atoms with E-state index in [2.05, 4.69) is 10.1 Å². The topological polar surface area (TPSA) is 72.0 Å². The van der Waals surface area contributed by atoms with E-state index in [-0.39, 0.29) is 18.5 Å². The molecule has 2 rings (SSSR count). The summed E-state index contributed by atoms with van der Waals surface area (Å²) in [4.78, 5) is 23.3. The first kappa shape index (κ1) is 19.5. The van der Waals surface area contributed by atoms with Crippen molar-refractivity contribution >= 4 is 11.9 Å². The number of rotatable bonds is 7. The van der Waals surface area contributed by atoms with Crippen LogP contribution in [0, 0.1) is 11.6 Å². The minimum atomic E-state index is -0.900. The number of nitrogens with one attached hydrogen (secondary N) is 1. The van der Waals surface area contributed by atoms with Crippen molar-refractivity contribution in [1.82, 2.24) is 5.32 Å². The third-order valence-electron chi connectivity index (χ3n) is 3.99. The molecule has 7 heteroatoms. The van der Waals surface area contributed by atoms with Crippen LogP contribution in [0.3, 0.4) is 0 Å². The highest BCUT2D eigenvalue weighted by atomic mass is 19.2. The maximum Gasteiger partial charge on any atom is 0.337 e. The lowest BCUT2D eigenvalue weighted by Crippen LogP contribution is -2.87. The Bertz CT molecular complexity index is 779. The fraction of sp³-hybridized carbons (Fsp3) is 0.263. The number of carbonyl (C=O) groups excluding carboxylic acids is 2. The molecule has 0 saturated carbocycles. The molecule has 2 aromatic carbocycles. The molecular weight excluding hydrogens is 342 g/mol. The number of benzene rings is 2. The Morgan fingerprint density at radius 1 is 1.12 bits per heavy atom. The van der Waals surface area contributed by atoms with Gasteiger partial charge in [-0.2, -0.15) is 0 Å². The monoisotopic (exact) mass is 363 g/mol. The molecule has 0 saturated heterocycles. The molecule has 0 spiro atoms. The van der Waals surface area contributed by atoms with Gasteiger partial charge in [0.05, 0.1) is 12.7 Å². The second-order valence-electron chi connectivity index (χ2n) is 5.87. The van der Waals surface area contributed by atoms with Crippen molar-refractivity contribution in [2.75, 3.05) is 13.7 Å². The molecule has 0 unspecified atom stereocenters. The van der Waals surface area contributed by atoms with Gasteiger partial charge in [0.15, 0.2) is 18.2 Å². The number of methoxy groups -OCH3 is 1. The number of ether oxygens (including phenoxy) is 1. The Hall–Kier alpha value is -2.80. The zero-order valence-corrected chi connectivity index (χ0v) is 14.6. The lowest BCUT2D eigenvalue weighted by Gasteiger charge is -2.11. The average molecular weight is 363 g/mol. The SMILES string of the molecule is COC(=O)c1ccc(CNC(=O)C[NH2+][C@H](C)c2ccc(F)c(F)c2)cc1. The number of esters is 1. The number of nitrogens with two attached hydrogens (primary N) is 1. The molecule has 0 fully saturated rings. The van der Waals surface area contributed by atoms with E-state index < -0.39 is 17.6 Å². The van der Waals surface area contributed by atoms with Crippen LogP contribution in [0.5, 0.6) is 0 Å². The molecule has 5 nitrogen and oxygen atoms in total. The molecule has 0 heterocycles. The molecule has 2 aromatic rings. The summed E-state index contributed by atoms with van der Waals surface area (Å²) in [6, 6.07) is 10.3. The van der Waals surface area contributed by atoms with Crippen LogP contribution in [-0.4, -0.2) is 25.5 Å². The number of hydrogen-bond donors (Lipinski definition) is 2. The standard InChI is InChI=1S/C19H20F2N2O3/c1-12(15-7-8-16(20)17(21)9-15)22-11-18(24)23-10-13-3-5-14(6-4-13)19(25)26-2/h3-9,12,22H,10-11H2,1-2H3,(H,23,24)/p+1/t12-/m1/s1. The Labute approximate surface area is 150 Å². The van der Waals surface area contributed by atoms with Crippen LogP contribution < -0.4 is 10.6 Å². The van der Waals surface area contributed by atoms with Crippen LogP contribution in [-0.2, 0) is 16.1 Å². The highest BCUT2D eigenvalue weighted by Crippen LogP contribution is 2.13. The molecule has 0 bridgehead atoms. The minimum absolute atomic E-state index is 0.153. The van der Waals surface area contributed by atoms with E-state index >= 15 is 0 Å². The first-order valence-electron chi connectivity index (χ1n) is 8.13. The van der Waals surface area contributed by atoms with Gasteiger partial charge in [0, 0.05) is 12.1 Å². The Kier molecular flexibility index (Phi) is 6.80. The largest absolute Gasteiger partial charge is 0.465 e. The van der Waals surface area contributed by atoms with Crippen LogP contribution in [0.4, 0.5) is 8.78 Å². The summed E-state index contributed by atoms with van der Waals surface area (Å²) in [5, 5.41) is 4.51. The fourth-order valence-electron chi connectivity index (χ4n) is 2.36. The fourth-order valence-corrected chi connectivity index (χ4v) is 2.36. The number of carbonyl (C=O) groups is 2. The van der Waals surface area contributed by atoms with Crippen molar-refractivity contribution in [3.05, 3.63) is 70.8 Å². The van der Waals surface area contributed by atoms with Gasteiger partial charge in [-0.1, -0.05) is 12.1 Å². The maximum atomic E-state index is 13.3. The van der Waals surface area contributed by atoms with Gasteiger partial charge in [-0.3, -0.25) is 4.79 Å². The van der Waals surface area contributed by atoms with Crippen molar-refractivity contribution in [3.8, 4) is 0 Å². The highest BCUT2D eigenvalue weighted by Gasteiger charge is 2.14. The van der Waals surface area contributed by atoms with Gasteiger partial charge >= 0.3 is 5.97 Å². The highest BCUT2D eigenvalue weighted by molar-refractivity contribution is 5.89. The molecule has 0 aliphatic heterocycles. The number of hydrogen-bond acceptors (Lipinski definition) is 3. The molecule has 0 aromatic heterocycles. The predicted octanol–water partition coefficient (Wildman–Crippen LogP) is 1.69. The predicted molar refractivity (Wildman–Crippen MR) is 91.2 cm³/mol. The van der Waals surface area contributed by atoms with Gasteiger partial charge in [0.25, 0.3) is 5.91 Å². The number of quaternary nitrogens is 1. The van der Waals surface area contributed by atoms with Crippen molar-refractivity contribution in [2.45, 2.75) is 19.5 Å². The Balaban J connectivity index is 1.79. The second kappa shape index (κ2) is 9.05. The Morgan fingerprint density at radius 2 is 1.81 bits per heavy atom. The molecule has 3 N–H and O–H groups in total. The van der Waals surface area contributed by atoms with Crippen molar-refractivity contribution in [3.63, 3.8) is 0 Å².